The van der Waals surface area contributed by atoms with E-state index in [2.05, 4.69) is 5.10 Å². The summed E-state index contributed by atoms with van der Waals surface area (Å²) < 4.78 is 0. The number of non-ortho nitro benzene ring substituents is 2. The zero-order chi connectivity index (χ0) is 25.1. The Morgan fingerprint density at radius 2 is 1.74 bits per heavy atom. The Kier molecular flexibility index (Phi) is 6.67. The van der Waals surface area contributed by atoms with Crippen molar-refractivity contribution in [3.63, 3.8) is 0 Å². The number of amides is 1. The van der Waals surface area contributed by atoms with Crippen LogP contribution in [0.1, 0.15) is 49.3 Å². The summed E-state index contributed by atoms with van der Waals surface area (Å²) in [5.41, 5.74) is 2.48. The summed E-state index contributed by atoms with van der Waals surface area (Å²) in [6.07, 6.45) is 3.30. The number of carboxylic acids is 1. The number of fused-ring (bicyclic) bond motifs is 1. The van der Waals surface area contributed by atoms with Crippen LogP contribution in [-0.2, 0) is 9.59 Å². The first kappa shape index (κ1) is 23.7. The van der Waals surface area contributed by atoms with Gasteiger partial charge in [-0.1, -0.05) is 24.3 Å². The van der Waals surface area contributed by atoms with E-state index < -0.39 is 27.8 Å². The highest BCUT2D eigenvalue weighted by Gasteiger charge is 2.44. The van der Waals surface area contributed by atoms with Crippen molar-refractivity contribution < 1.29 is 24.5 Å². The highest BCUT2D eigenvalue weighted by molar-refractivity contribution is 6.08. The first-order valence-corrected chi connectivity index (χ1v) is 11.1. The molecule has 1 amide bonds. The first-order chi connectivity index (χ1) is 16.7. The zero-order valence-corrected chi connectivity index (χ0v) is 18.6. The third kappa shape index (κ3) is 5.08. The SMILES string of the molecule is O=C(O)CCC(=O)N1N=C2/C(=C/c3cccc([N+](=O)[O-])c3)CCC[C@H]2[C@@H]1c1cccc([N+](=O)[O-])c1. The van der Waals surface area contributed by atoms with Crippen LogP contribution in [0.25, 0.3) is 6.08 Å². The van der Waals surface area contributed by atoms with Gasteiger partial charge in [0.25, 0.3) is 11.4 Å². The molecule has 0 spiro atoms. The van der Waals surface area contributed by atoms with Gasteiger partial charge in [0, 0.05) is 36.6 Å². The average Bonchev–Trinajstić information content (AvgIpc) is 3.23. The van der Waals surface area contributed by atoms with Gasteiger partial charge in [-0.15, -0.1) is 0 Å². The fourth-order valence-corrected chi connectivity index (χ4v) is 4.62. The number of hydrogen-bond acceptors (Lipinski definition) is 7. The van der Waals surface area contributed by atoms with Crippen molar-refractivity contribution in [3.8, 4) is 0 Å². The lowest BCUT2D eigenvalue weighted by Gasteiger charge is -2.29. The van der Waals surface area contributed by atoms with Crippen LogP contribution in [0.3, 0.4) is 0 Å². The molecule has 0 saturated heterocycles. The summed E-state index contributed by atoms with van der Waals surface area (Å²) >= 11 is 0. The lowest BCUT2D eigenvalue weighted by molar-refractivity contribution is -0.385. The van der Waals surface area contributed by atoms with Gasteiger partial charge in [0.2, 0.25) is 5.91 Å². The number of benzene rings is 2. The van der Waals surface area contributed by atoms with Crippen LogP contribution >= 0.6 is 0 Å². The second-order valence-electron chi connectivity index (χ2n) is 8.43. The number of nitro groups is 2. The predicted molar refractivity (Wildman–Crippen MR) is 125 cm³/mol. The van der Waals surface area contributed by atoms with Crippen molar-refractivity contribution in [2.24, 2.45) is 11.0 Å². The minimum Gasteiger partial charge on any atom is -0.481 e. The predicted octanol–water partition coefficient (Wildman–Crippen LogP) is 4.49. The van der Waals surface area contributed by atoms with Crippen molar-refractivity contribution in [3.05, 3.63) is 85.5 Å². The first-order valence-electron chi connectivity index (χ1n) is 11.1. The van der Waals surface area contributed by atoms with Crippen molar-refractivity contribution in [2.45, 2.75) is 38.1 Å². The lowest BCUT2D eigenvalue weighted by atomic mass is 9.77. The van der Waals surface area contributed by atoms with E-state index in [9.17, 15) is 29.8 Å². The molecule has 11 nitrogen and oxygen atoms in total. The molecule has 11 heteroatoms. The Morgan fingerprint density at radius 3 is 2.43 bits per heavy atom. The van der Waals surface area contributed by atoms with Gasteiger partial charge in [0.1, 0.15) is 0 Å². The summed E-state index contributed by atoms with van der Waals surface area (Å²) in [6.45, 7) is 0. The van der Waals surface area contributed by atoms with Crippen LogP contribution in [0.5, 0.6) is 0 Å². The molecule has 0 radical (unpaired) electrons. The summed E-state index contributed by atoms with van der Waals surface area (Å²) in [7, 11) is 0. The van der Waals surface area contributed by atoms with Crippen molar-refractivity contribution in [2.75, 3.05) is 0 Å². The van der Waals surface area contributed by atoms with Crippen molar-refractivity contribution in [1.82, 2.24) is 5.01 Å². The van der Waals surface area contributed by atoms with Crippen molar-refractivity contribution in [1.29, 1.82) is 0 Å². The minimum absolute atomic E-state index is 0.0417. The van der Waals surface area contributed by atoms with E-state index in [0.29, 0.717) is 29.7 Å². The van der Waals surface area contributed by atoms with E-state index in [1.165, 1.54) is 29.3 Å². The lowest BCUT2D eigenvalue weighted by Crippen LogP contribution is -2.32. The number of nitro benzene ring substituents is 2. The minimum atomic E-state index is -1.11. The standard InChI is InChI=1S/C24H22N4O7/c29-21(10-11-22(30)31)26-24(17-6-2-8-19(14-17)28(34)35)20-9-3-5-16(23(20)25-26)12-15-4-1-7-18(13-15)27(32)33/h1-2,4,6-8,12-14,20,24H,3,5,9-11H2,(H,30,31)/b16-12+/t20-,24+/m1/s1. The Bertz CT molecular complexity index is 1270. The molecular formula is C24H22N4O7. The van der Waals surface area contributed by atoms with Gasteiger partial charge in [0.15, 0.2) is 0 Å². The molecule has 1 heterocycles. The van der Waals surface area contributed by atoms with Crippen LogP contribution < -0.4 is 0 Å². The monoisotopic (exact) mass is 478 g/mol. The van der Waals surface area contributed by atoms with E-state index in [0.717, 1.165) is 12.0 Å². The molecule has 1 fully saturated rings. The highest BCUT2D eigenvalue weighted by atomic mass is 16.6. The molecule has 1 saturated carbocycles. The van der Waals surface area contributed by atoms with E-state index in [4.69, 9.17) is 5.11 Å². The molecule has 1 N–H and O–H groups in total. The molecule has 35 heavy (non-hydrogen) atoms. The molecule has 0 bridgehead atoms. The summed E-state index contributed by atoms with van der Waals surface area (Å²) in [5, 5.41) is 37.4. The highest BCUT2D eigenvalue weighted by Crippen LogP contribution is 2.45. The number of nitrogens with zero attached hydrogens (tertiary/aromatic N) is 4. The molecule has 2 aliphatic rings. The van der Waals surface area contributed by atoms with Crippen LogP contribution in [0, 0.1) is 26.1 Å². The molecular weight excluding hydrogens is 456 g/mol. The fourth-order valence-electron chi connectivity index (χ4n) is 4.62. The Hall–Kier alpha value is -4.41. The van der Waals surface area contributed by atoms with E-state index in [1.807, 2.05) is 6.08 Å². The maximum Gasteiger partial charge on any atom is 0.303 e. The van der Waals surface area contributed by atoms with Gasteiger partial charge in [-0.05, 0) is 42.0 Å². The molecule has 2 aromatic carbocycles. The number of carboxylic acid groups (broad SMARTS) is 1. The quantitative estimate of drug-likeness (QED) is 0.454. The third-order valence-corrected chi connectivity index (χ3v) is 6.15. The number of carbonyl (C=O) groups is 2. The van der Waals surface area contributed by atoms with Gasteiger partial charge >= 0.3 is 5.97 Å². The summed E-state index contributed by atoms with van der Waals surface area (Å²) in [5.74, 6) is -1.84. The Morgan fingerprint density at radius 1 is 1.06 bits per heavy atom. The largest absolute Gasteiger partial charge is 0.481 e. The van der Waals surface area contributed by atoms with Crippen LogP contribution in [-0.4, -0.2) is 37.6 Å². The summed E-state index contributed by atoms with van der Waals surface area (Å²) in [4.78, 5) is 45.6. The number of hydrazone groups is 1. The van der Waals surface area contributed by atoms with Crippen LogP contribution in [0.4, 0.5) is 11.4 Å². The molecule has 2 atom stereocenters. The van der Waals surface area contributed by atoms with Gasteiger partial charge < -0.3 is 5.11 Å². The number of carbonyl (C=O) groups excluding carboxylic acids is 1. The molecule has 0 unspecified atom stereocenters. The van der Waals surface area contributed by atoms with E-state index >= 15 is 0 Å². The summed E-state index contributed by atoms with van der Waals surface area (Å²) in [6, 6.07) is 11.6. The maximum atomic E-state index is 13.0. The molecule has 2 aromatic rings. The van der Waals surface area contributed by atoms with Crippen LogP contribution in [0.15, 0.2) is 59.2 Å². The number of hydrogen-bond donors (Lipinski definition) is 1. The zero-order valence-electron chi connectivity index (χ0n) is 18.6. The van der Waals surface area contributed by atoms with Gasteiger partial charge in [0.05, 0.1) is 28.0 Å². The van der Waals surface area contributed by atoms with E-state index in [1.54, 1.807) is 24.3 Å². The Labute approximate surface area is 199 Å². The van der Waals surface area contributed by atoms with E-state index in [-0.39, 0.29) is 30.1 Å². The molecule has 4 rings (SSSR count). The number of rotatable bonds is 7. The van der Waals surface area contributed by atoms with Gasteiger partial charge in [-0.25, -0.2) is 5.01 Å². The molecule has 180 valence electrons. The topological polar surface area (TPSA) is 156 Å². The normalized spacial score (nSPS) is 20.3. The number of aliphatic carboxylic acids is 1. The second kappa shape index (κ2) is 9.84. The third-order valence-electron chi connectivity index (χ3n) is 6.15. The van der Waals surface area contributed by atoms with Crippen molar-refractivity contribution >= 4 is 35.0 Å². The van der Waals surface area contributed by atoms with Crippen LogP contribution in [0.2, 0.25) is 0 Å². The van der Waals surface area contributed by atoms with Gasteiger partial charge in [-0.2, -0.15) is 5.10 Å². The molecule has 0 aromatic heterocycles. The van der Waals surface area contributed by atoms with Gasteiger partial charge in [-0.3, -0.25) is 29.8 Å². The number of allylic oxidation sites excluding steroid dienone is 1. The maximum absolute atomic E-state index is 13.0. The smallest absolute Gasteiger partial charge is 0.303 e. The average molecular weight is 478 g/mol. The fraction of sp³-hybridized carbons (Fsp3) is 0.292. The second-order valence-corrected chi connectivity index (χ2v) is 8.43. The molecule has 1 aliphatic heterocycles. The molecule has 1 aliphatic carbocycles. The Balaban J connectivity index is 1.75.